The van der Waals surface area contributed by atoms with Gasteiger partial charge in [-0.25, -0.2) is 0 Å². The van der Waals surface area contributed by atoms with Crippen molar-refractivity contribution in [3.63, 3.8) is 0 Å². The number of hydrogen-bond acceptors (Lipinski definition) is 3. The number of carbonyl (C=O) groups excluding carboxylic acids is 2. The Labute approximate surface area is 202 Å². The van der Waals surface area contributed by atoms with Crippen LogP contribution in [0.4, 0.5) is 11.4 Å². The molecule has 1 aromatic rings. The molecular formula is C28H49N3O2. The Balaban J connectivity index is 1.92. The third-order valence-corrected chi connectivity index (χ3v) is 5.95. The number of anilines is 2. The fraction of sp³-hybridized carbons (Fsp3) is 0.714. The maximum atomic E-state index is 12.0. The Morgan fingerprint density at radius 2 is 1.09 bits per heavy atom. The molecule has 0 saturated heterocycles. The lowest BCUT2D eigenvalue weighted by atomic mass is 10.0. The molecule has 0 atom stereocenters. The van der Waals surface area contributed by atoms with Gasteiger partial charge in [-0.2, -0.15) is 0 Å². The van der Waals surface area contributed by atoms with Crippen molar-refractivity contribution in [2.24, 2.45) is 0 Å². The lowest BCUT2D eigenvalue weighted by Crippen LogP contribution is -2.30. The van der Waals surface area contributed by atoms with E-state index >= 15 is 0 Å². The van der Waals surface area contributed by atoms with Crippen molar-refractivity contribution in [2.45, 2.75) is 117 Å². The first kappa shape index (κ1) is 29.0. The van der Waals surface area contributed by atoms with Crippen LogP contribution < -0.4 is 16.0 Å². The first-order valence-corrected chi connectivity index (χ1v) is 13.6. The zero-order chi connectivity index (χ0) is 24.0. The van der Waals surface area contributed by atoms with Crippen LogP contribution in [0.25, 0.3) is 0 Å². The fourth-order valence-corrected chi connectivity index (χ4v) is 3.91. The van der Waals surface area contributed by atoms with Gasteiger partial charge >= 0.3 is 0 Å². The molecule has 0 aliphatic rings. The van der Waals surface area contributed by atoms with Crippen LogP contribution in [-0.4, -0.2) is 24.9 Å². The summed E-state index contributed by atoms with van der Waals surface area (Å²) in [6, 6.07) is 7.45. The van der Waals surface area contributed by atoms with Crippen molar-refractivity contribution in [2.75, 3.05) is 23.7 Å². The highest BCUT2D eigenvalue weighted by Crippen LogP contribution is 2.14. The van der Waals surface area contributed by atoms with E-state index in [1.54, 1.807) is 0 Å². The standard InChI is InChI=1S/C28H49N3O2/c1-3-5-6-7-8-9-10-11-12-13-14-15-16-17-23-29-28(33)24-30-25-19-21-26(22-20-25)31-27(32)18-4-2/h19-22,30H,3-18,23-24H2,1-2H3,(H,29,33)(H,31,32). The van der Waals surface area contributed by atoms with Gasteiger partial charge in [-0.3, -0.25) is 9.59 Å². The molecule has 0 aliphatic heterocycles. The summed E-state index contributed by atoms with van der Waals surface area (Å²) >= 11 is 0. The number of unbranched alkanes of at least 4 members (excludes halogenated alkanes) is 13. The van der Waals surface area contributed by atoms with Gasteiger partial charge < -0.3 is 16.0 Å². The average Bonchev–Trinajstić information content (AvgIpc) is 2.81. The van der Waals surface area contributed by atoms with Gasteiger partial charge in [-0.05, 0) is 37.1 Å². The van der Waals surface area contributed by atoms with E-state index in [2.05, 4.69) is 22.9 Å². The lowest BCUT2D eigenvalue weighted by molar-refractivity contribution is -0.119. The Morgan fingerprint density at radius 1 is 0.606 bits per heavy atom. The number of carbonyl (C=O) groups is 2. The first-order chi connectivity index (χ1) is 16.2. The summed E-state index contributed by atoms with van der Waals surface area (Å²) in [7, 11) is 0. The summed E-state index contributed by atoms with van der Waals surface area (Å²) in [6.45, 7) is 5.27. The quantitative estimate of drug-likeness (QED) is 0.167. The van der Waals surface area contributed by atoms with Gasteiger partial charge in [0, 0.05) is 24.3 Å². The van der Waals surface area contributed by atoms with Crippen LogP contribution in [0.15, 0.2) is 24.3 Å². The maximum Gasteiger partial charge on any atom is 0.239 e. The highest BCUT2D eigenvalue weighted by atomic mass is 16.2. The number of benzene rings is 1. The van der Waals surface area contributed by atoms with Crippen LogP contribution in [0.5, 0.6) is 0 Å². The molecule has 188 valence electrons. The van der Waals surface area contributed by atoms with Crippen LogP contribution in [0.1, 0.15) is 117 Å². The van der Waals surface area contributed by atoms with E-state index in [1.165, 1.54) is 83.5 Å². The van der Waals surface area contributed by atoms with Gasteiger partial charge in [-0.15, -0.1) is 0 Å². The smallest absolute Gasteiger partial charge is 0.239 e. The molecule has 5 nitrogen and oxygen atoms in total. The normalized spacial score (nSPS) is 10.7. The highest BCUT2D eigenvalue weighted by molar-refractivity contribution is 5.90. The predicted octanol–water partition coefficient (Wildman–Crippen LogP) is 7.43. The predicted molar refractivity (Wildman–Crippen MR) is 142 cm³/mol. The Bertz CT molecular complexity index is 616. The SMILES string of the molecule is CCCCCCCCCCCCCCCCNC(=O)CNc1ccc(NC(=O)CCC)cc1. The van der Waals surface area contributed by atoms with Crippen molar-refractivity contribution in [3.8, 4) is 0 Å². The molecule has 0 fully saturated rings. The molecular weight excluding hydrogens is 410 g/mol. The molecule has 3 N–H and O–H groups in total. The van der Waals surface area contributed by atoms with Crippen molar-refractivity contribution in [1.29, 1.82) is 0 Å². The molecule has 5 heteroatoms. The number of hydrogen-bond donors (Lipinski definition) is 3. The third kappa shape index (κ3) is 17.1. The molecule has 0 saturated carbocycles. The van der Waals surface area contributed by atoms with Gasteiger partial charge in [0.05, 0.1) is 6.54 Å². The van der Waals surface area contributed by atoms with Gasteiger partial charge in [0.25, 0.3) is 0 Å². The summed E-state index contributed by atoms with van der Waals surface area (Å²) in [5, 5.41) is 8.98. The number of amides is 2. The molecule has 33 heavy (non-hydrogen) atoms. The monoisotopic (exact) mass is 459 g/mol. The molecule has 0 bridgehead atoms. The zero-order valence-electron chi connectivity index (χ0n) is 21.4. The van der Waals surface area contributed by atoms with Crippen LogP contribution >= 0.6 is 0 Å². The molecule has 0 aromatic heterocycles. The second-order valence-corrected chi connectivity index (χ2v) is 9.18. The highest BCUT2D eigenvalue weighted by Gasteiger charge is 2.03. The topological polar surface area (TPSA) is 70.2 Å². The molecule has 0 spiro atoms. The fourth-order valence-electron chi connectivity index (χ4n) is 3.91. The molecule has 0 aliphatic carbocycles. The van der Waals surface area contributed by atoms with Crippen LogP contribution in [0.3, 0.4) is 0 Å². The minimum Gasteiger partial charge on any atom is -0.376 e. The molecule has 0 heterocycles. The number of nitrogens with one attached hydrogen (secondary N) is 3. The summed E-state index contributed by atoms with van der Waals surface area (Å²) in [5.41, 5.74) is 1.65. The maximum absolute atomic E-state index is 12.0. The molecule has 2 amide bonds. The van der Waals surface area contributed by atoms with Crippen LogP contribution in [0, 0.1) is 0 Å². The Hall–Kier alpha value is -2.04. The van der Waals surface area contributed by atoms with E-state index in [1.807, 2.05) is 31.2 Å². The minimum atomic E-state index is 0.0185. The van der Waals surface area contributed by atoms with E-state index in [0.29, 0.717) is 6.42 Å². The summed E-state index contributed by atoms with van der Waals surface area (Å²) in [5.74, 6) is 0.0473. The third-order valence-electron chi connectivity index (χ3n) is 5.95. The summed E-state index contributed by atoms with van der Waals surface area (Å²) < 4.78 is 0. The van der Waals surface area contributed by atoms with Crippen molar-refractivity contribution < 1.29 is 9.59 Å². The van der Waals surface area contributed by atoms with Crippen molar-refractivity contribution in [3.05, 3.63) is 24.3 Å². The van der Waals surface area contributed by atoms with E-state index in [0.717, 1.165) is 30.8 Å². The van der Waals surface area contributed by atoms with Crippen LogP contribution in [-0.2, 0) is 9.59 Å². The zero-order valence-corrected chi connectivity index (χ0v) is 21.4. The lowest BCUT2D eigenvalue weighted by Gasteiger charge is -2.09. The number of rotatable bonds is 21. The Morgan fingerprint density at radius 3 is 1.61 bits per heavy atom. The summed E-state index contributed by atoms with van der Waals surface area (Å²) in [4.78, 5) is 23.6. The molecule has 0 radical (unpaired) electrons. The first-order valence-electron chi connectivity index (χ1n) is 13.6. The van der Waals surface area contributed by atoms with Crippen molar-refractivity contribution in [1.82, 2.24) is 5.32 Å². The summed E-state index contributed by atoms with van der Waals surface area (Å²) in [6.07, 6.45) is 20.1. The second kappa shape index (κ2) is 20.6. The largest absolute Gasteiger partial charge is 0.376 e. The van der Waals surface area contributed by atoms with Crippen molar-refractivity contribution >= 4 is 23.2 Å². The van der Waals surface area contributed by atoms with Gasteiger partial charge in [0.1, 0.15) is 0 Å². The van der Waals surface area contributed by atoms with Crippen LogP contribution in [0.2, 0.25) is 0 Å². The average molecular weight is 460 g/mol. The van der Waals surface area contributed by atoms with E-state index < -0.39 is 0 Å². The van der Waals surface area contributed by atoms with E-state index in [4.69, 9.17) is 0 Å². The molecule has 0 unspecified atom stereocenters. The Kier molecular flexibility index (Phi) is 18.1. The van der Waals surface area contributed by atoms with Gasteiger partial charge in [-0.1, -0.05) is 97.3 Å². The molecule has 1 aromatic carbocycles. The van der Waals surface area contributed by atoms with E-state index in [9.17, 15) is 9.59 Å². The minimum absolute atomic E-state index is 0.0185. The second-order valence-electron chi connectivity index (χ2n) is 9.18. The van der Waals surface area contributed by atoms with Gasteiger partial charge in [0.15, 0.2) is 0 Å². The van der Waals surface area contributed by atoms with Gasteiger partial charge in [0.2, 0.25) is 11.8 Å². The molecule has 1 rings (SSSR count). The van der Waals surface area contributed by atoms with E-state index in [-0.39, 0.29) is 18.4 Å².